The van der Waals surface area contributed by atoms with Gasteiger partial charge in [0.2, 0.25) is 10.0 Å². The highest BCUT2D eigenvalue weighted by Gasteiger charge is 2.14. The highest BCUT2D eigenvalue weighted by Crippen LogP contribution is 2.07. The van der Waals surface area contributed by atoms with Gasteiger partial charge in [-0.1, -0.05) is 12.2 Å². The van der Waals surface area contributed by atoms with Gasteiger partial charge in [-0.15, -0.1) is 0 Å². The summed E-state index contributed by atoms with van der Waals surface area (Å²) in [5.74, 6) is 0. The third-order valence-corrected chi connectivity index (χ3v) is 4.05. The van der Waals surface area contributed by atoms with E-state index in [1.54, 1.807) is 14.1 Å². The molecule has 8 nitrogen and oxygen atoms in total. The maximum atomic E-state index is 12.0. The van der Waals surface area contributed by atoms with Crippen molar-refractivity contribution in [2.45, 2.75) is 4.90 Å². The number of nitrogens with one attached hydrogen (secondary N) is 2. The molecule has 0 radical (unpaired) electrons. The quantitative estimate of drug-likeness (QED) is 0.467. The van der Waals surface area contributed by atoms with Gasteiger partial charge in [0.05, 0.1) is 5.69 Å². The summed E-state index contributed by atoms with van der Waals surface area (Å²) in [5.41, 5.74) is 5.73. The standard InChI is InChI=1S/C11H17N5O3S2/c1-16(2)11(17)13-5-6-15-21(18,19)8-3-4-9(10(12)20)14-7-8/h3-4,7,15H,5-6H2,1-2H3,(H2,12,20)(H,13,17). The van der Waals surface area contributed by atoms with Gasteiger partial charge in [-0.25, -0.2) is 17.9 Å². The first-order valence-electron chi connectivity index (χ1n) is 5.94. The number of nitrogens with two attached hydrogens (primary N) is 1. The van der Waals surface area contributed by atoms with Crippen molar-refractivity contribution in [3.8, 4) is 0 Å². The second kappa shape index (κ2) is 7.29. The number of aromatic nitrogens is 1. The Kier molecular flexibility index (Phi) is 6.00. The third-order valence-electron chi connectivity index (χ3n) is 2.40. The zero-order valence-corrected chi connectivity index (χ0v) is 13.3. The van der Waals surface area contributed by atoms with E-state index in [1.807, 2.05) is 0 Å². The largest absolute Gasteiger partial charge is 0.388 e. The molecule has 2 amide bonds. The highest BCUT2D eigenvalue weighted by molar-refractivity contribution is 7.89. The molecule has 0 spiro atoms. The fraction of sp³-hybridized carbons (Fsp3) is 0.364. The van der Waals surface area contributed by atoms with Gasteiger partial charge in [0.1, 0.15) is 9.88 Å². The molecule has 4 N–H and O–H groups in total. The Morgan fingerprint density at radius 3 is 2.52 bits per heavy atom. The molecule has 1 heterocycles. The number of carbonyl (C=O) groups excluding carboxylic acids is 1. The molecule has 0 saturated heterocycles. The van der Waals surface area contributed by atoms with Crippen LogP contribution in [0.5, 0.6) is 0 Å². The van der Waals surface area contributed by atoms with Gasteiger partial charge in [-0.3, -0.25) is 4.98 Å². The summed E-state index contributed by atoms with van der Waals surface area (Å²) in [6.45, 7) is 0.244. The minimum absolute atomic E-state index is 0.00133. The van der Waals surface area contributed by atoms with Gasteiger partial charge < -0.3 is 16.0 Å². The highest BCUT2D eigenvalue weighted by atomic mass is 32.2. The van der Waals surface area contributed by atoms with Crippen LogP contribution in [0, 0.1) is 0 Å². The van der Waals surface area contributed by atoms with Gasteiger partial charge in [0.25, 0.3) is 0 Å². The molecule has 0 aromatic carbocycles. The number of hydrogen-bond donors (Lipinski definition) is 3. The zero-order chi connectivity index (χ0) is 16.0. The van der Waals surface area contributed by atoms with Crippen LogP contribution < -0.4 is 15.8 Å². The maximum Gasteiger partial charge on any atom is 0.316 e. The van der Waals surface area contributed by atoms with Crippen LogP contribution in [-0.2, 0) is 10.0 Å². The Morgan fingerprint density at radius 1 is 1.38 bits per heavy atom. The second-order valence-corrected chi connectivity index (χ2v) is 6.47. The molecule has 1 rings (SSSR count). The maximum absolute atomic E-state index is 12.0. The molecule has 0 aliphatic heterocycles. The Hall–Kier alpha value is -1.78. The van der Waals surface area contributed by atoms with Crippen molar-refractivity contribution in [3.63, 3.8) is 0 Å². The van der Waals surface area contributed by atoms with Crippen LogP contribution in [0.2, 0.25) is 0 Å². The van der Waals surface area contributed by atoms with E-state index in [2.05, 4.69) is 15.0 Å². The predicted octanol–water partition coefficient (Wildman–Crippen LogP) is -0.735. The molecule has 116 valence electrons. The molecule has 1 aromatic heterocycles. The topological polar surface area (TPSA) is 117 Å². The molecular weight excluding hydrogens is 314 g/mol. The summed E-state index contributed by atoms with van der Waals surface area (Å²) in [4.78, 5) is 16.6. The lowest BCUT2D eigenvalue weighted by atomic mass is 10.3. The lowest BCUT2D eigenvalue weighted by Gasteiger charge is -2.12. The average molecular weight is 331 g/mol. The van der Waals surface area contributed by atoms with E-state index in [0.717, 1.165) is 0 Å². The minimum atomic E-state index is -3.68. The molecule has 0 unspecified atom stereocenters. The number of nitrogens with zero attached hydrogens (tertiary/aromatic N) is 2. The van der Waals surface area contributed by atoms with E-state index in [9.17, 15) is 13.2 Å². The molecule has 21 heavy (non-hydrogen) atoms. The number of carbonyl (C=O) groups is 1. The molecule has 0 bridgehead atoms. The monoisotopic (exact) mass is 331 g/mol. The number of hydrogen-bond acceptors (Lipinski definition) is 5. The Balaban J connectivity index is 2.57. The van der Waals surface area contributed by atoms with E-state index in [-0.39, 0.29) is 29.0 Å². The summed E-state index contributed by atoms with van der Waals surface area (Å²) in [6, 6.07) is 2.50. The van der Waals surface area contributed by atoms with Crippen LogP contribution >= 0.6 is 12.2 Å². The van der Waals surface area contributed by atoms with Crippen molar-refractivity contribution < 1.29 is 13.2 Å². The third kappa shape index (κ3) is 5.25. The van der Waals surface area contributed by atoms with E-state index in [0.29, 0.717) is 5.69 Å². The Bertz CT molecular complexity index is 613. The van der Waals surface area contributed by atoms with Gasteiger partial charge in [0, 0.05) is 33.4 Å². The van der Waals surface area contributed by atoms with Gasteiger partial charge in [-0.2, -0.15) is 0 Å². The van der Waals surface area contributed by atoms with Gasteiger partial charge >= 0.3 is 6.03 Å². The predicted molar refractivity (Wildman–Crippen MR) is 82.4 cm³/mol. The van der Waals surface area contributed by atoms with Crippen LogP contribution in [0.25, 0.3) is 0 Å². The Morgan fingerprint density at radius 2 is 2.05 bits per heavy atom. The Labute approximate surface area is 128 Å². The fourth-order valence-corrected chi connectivity index (χ4v) is 2.38. The number of amides is 2. The number of urea groups is 1. The number of thiocarbonyl (C=S) groups is 1. The van der Waals surface area contributed by atoms with Crippen molar-refractivity contribution in [2.75, 3.05) is 27.2 Å². The minimum Gasteiger partial charge on any atom is -0.388 e. The lowest BCUT2D eigenvalue weighted by Crippen LogP contribution is -2.39. The summed E-state index contributed by atoms with van der Waals surface area (Å²) in [5, 5.41) is 2.54. The number of pyridine rings is 1. The molecule has 0 fully saturated rings. The first-order chi connectivity index (χ1) is 9.74. The summed E-state index contributed by atoms with van der Waals surface area (Å²) in [6.07, 6.45) is 1.18. The first kappa shape index (κ1) is 17.3. The smallest absolute Gasteiger partial charge is 0.316 e. The van der Waals surface area contributed by atoms with E-state index in [1.165, 1.54) is 23.2 Å². The summed E-state index contributed by atoms with van der Waals surface area (Å²) >= 11 is 4.74. The second-order valence-electron chi connectivity index (χ2n) is 4.27. The normalized spacial score (nSPS) is 11.0. The van der Waals surface area contributed by atoms with Crippen molar-refractivity contribution in [1.82, 2.24) is 19.9 Å². The van der Waals surface area contributed by atoms with Gasteiger partial charge in [-0.05, 0) is 12.1 Å². The fourth-order valence-electron chi connectivity index (χ4n) is 1.28. The first-order valence-corrected chi connectivity index (χ1v) is 7.84. The average Bonchev–Trinajstić information content (AvgIpc) is 2.43. The van der Waals surface area contributed by atoms with Crippen LogP contribution in [0.15, 0.2) is 23.2 Å². The molecule has 0 aliphatic carbocycles. The molecule has 0 atom stereocenters. The molecule has 10 heteroatoms. The van der Waals surface area contributed by atoms with Crippen LogP contribution in [-0.4, -0.2) is 56.5 Å². The summed E-state index contributed by atoms with van der Waals surface area (Å²) < 4.78 is 26.3. The molecular formula is C11H17N5O3S2. The number of sulfonamides is 1. The van der Waals surface area contributed by atoms with E-state index < -0.39 is 10.0 Å². The van der Waals surface area contributed by atoms with Crippen molar-refractivity contribution in [2.24, 2.45) is 5.73 Å². The molecule has 0 aliphatic rings. The van der Waals surface area contributed by atoms with Crippen molar-refractivity contribution >= 4 is 33.3 Å². The SMILES string of the molecule is CN(C)C(=O)NCCNS(=O)(=O)c1ccc(C(N)=S)nc1. The van der Waals surface area contributed by atoms with Crippen LogP contribution in [0.1, 0.15) is 5.69 Å². The molecule has 1 aromatic rings. The van der Waals surface area contributed by atoms with E-state index in [4.69, 9.17) is 18.0 Å². The molecule has 0 saturated carbocycles. The zero-order valence-electron chi connectivity index (χ0n) is 11.7. The van der Waals surface area contributed by atoms with Crippen LogP contribution in [0.3, 0.4) is 0 Å². The lowest BCUT2D eigenvalue weighted by molar-refractivity contribution is 0.217. The number of rotatable bonds is 6. The van der Waals surface area contributed by atoms with Crippen LogP contribution in [0.4, 0.5) is 4.79 Å². The summed E-state index contributed by atoms with van der Waals surface area (Å²) in [7, 11) is -0.499. The van der Waals surface area contributed by atoms with Gasteiger partial charge in [0.15, 0.2) is 0 Å². The van der Waals surface area contributed by atoms with Crippen molar-refractivity contribution in [3.05, 3.63) is 24.0 Å². The van der Waals surface area contributed by atoms with E-state index >= 15 is 0 Å². The van der Waals surface area contributed by atoms with Crippen molar-refractivity contribution in [1.29, 1.82) is 0 Å².